The summed E-state index contributed by atoms with van der Waals surface area (Å²) in [6, 6.07) is 11.2. The predicted molar refractivity (Wildman–Crippen MR) is 108 cm³/mol. The van der Waals surface area contributed by atoms with E-state index in [2.05, 4.69) is 22.0 Å². The molecule has 1 aromatic heterocycles. The third-order valence-electron chi connectivity index (χ3n) is 4.68. The third kappa shape index (κ3) is 5.12. The zero-order valence-electron chi connectivity index (χ0n) is 16.6. The van der Waals surface area contributed by atoms with Gasteiger partial charge in [0.2, 0.25) is 5.88 Å². The van der Waals surface area contributed by atoms with Crippen LogP contribution >= 0.6 is 0 Å². The summed E-state index contributed by atoms with van der Waals surface area (Å²) in [6.07, 6.45) is 2.13. The first-order valence-electron chi connectivity index (χ1n) is 9.95. The summed E-state index contributed by atoms with van der Waals surface area (Å²) >= 11 is 0. The second-order valence-electron chi connectivity index (χ2n) is 6.67. The number of amides is 1. The maximum Gasteiger partial charge on any atom is 0.253 e. The van der Waals surface area contributed by atoms with Gasteiger partial charge in [0.1, 0.15) is 5.75 Å². The quantitative estimate of drug-likeness (QED) is 0.652. The van der Waals surface area contributed by atoms with Crippen LogP contribution in [0.3, 0.4) is 0 Å². The molecule has 28 heavy (non-hydrogen) atoms. The van der Waals surface area contributed by atoms with Crippen molar-refractivity contribution in [2.75, 3.05) is 44.3 Å². The van der Waals surface area contributed by atoms with Gasteiger partial charge in [-0.25, -0.2) is 0 Å². The van der Waals surface area contributed by atoms with Gasteiger partial charge >= 0.3 is 0 Å². The van der Waals surface area contributed by atoms with Crippen LogP contribution in [-0.4, -0.2) is 60.4 Å². The van der Waals surface area contributed by atoms with Crippen LogP contribution in [0.2, 0.25) is 0 Å². The minimum atomic E-state index is 0.0533. The summed E-state index contributed by atoms with van der Waals surface area (Å²) in [5.74, 6) is 2.20. The van der Waals surface area contributed by atoms with Crippen molar-refractivity contribution >= 4 is 11.7 Å². The van der Waals surface area contributed by atoms with Crippen LogP contribution in [0.5, 0.6) is 11.6 Å². The van der Waals surface area contributed by atoms with E-state index in [4.69, 9.17) is 9.47 Å². The van der Waals surface area contributed by atoms with Crippen molar-refractivity contribution in [3.8, 4) is 11.6 Å². The molecule has 1 aliphatic rings. The van der Waals surface area contributed by atoms with Gasteiger partial charge in [-0.15, -0.1) is 10.2 Å². The number of carbonyl (C=O) groups is 1. The van der Waals surface area contributed by atoms with Gasteiger partial charge < -0.3 is 19.3 Å². The number of hydrogen-bond donors (Lipinski definition) is 0. The number of rotatable bonds is 8. The molecule has 3 rings (SSSR count). The van der Waals surface area contributed by atoms with E-state index in [1.165, 1.54) is 0 Å². The molecule has 0 radical (unpaired) electrons. The van der Waals surface area contributed by atoms with E-state index in [0.717, 1.165) is 37.5 Å². The molecule has 0 aliphatic carbocycles. The molecule has 7 nitrogen and oxygen atoms in total. The standard InChI is InChI=1S/C21H28N4O3/c1-3-5-16-28-18-8-6-17(7-9-18)21(26)25-14-12-24(13-15-25)19-10-11-20(23-22-19)27-4-2/h6-11H,3-5,12-16H2,1-2H3. The molecule has 0 N–H and O–H groups in total. The van der Waals surface area contributed by atoms with E-state index in [9.17, 15) is 4.79 Å². The lowest BCUT2D eigenvalue weighted by Gasteiger charge is -2.35. The van der Waals surface area contributed by atoms with Crippen molar-refractivity contribution in [3.05, 3.63) is 42.0 Å². The lowest BCUT2D eigenvalue weighted by atomic mass is 10.1. The molecule has 2 heterocycles. The number of anilines is 1. The number of nitrogens with zero attached hydrogens (tertiary/aromatic N) is 4. The molecule has 0 spiro atoms. The molecule has 1 saturated heterocycles. The Morgan fingerprint density at radius 2 is 1.71 bits per heavy atom. The number of ether oxygens (including phenoxy) is 2. The number of carbonyl (C=O) groups excluding carboxylic acids is 1. The SMILES string of the molecule is CCCCOc1ccc(C(=O)N2CCN(c3ccc(OCC)nn3)CC2)cc1. The minimum absolute atomic E-state index is 0.0533. The molecule has 7 heteroatoms. The number of benzene rings is 1. The molecule has 150 valence electrons. The molecule has 2 aromatic rings. The normalized spacial score (nSPS) is 14.1. The van der Waals surface area contributed by atoms with Gasteiger partial charge in [0.25, 0.3) is 5.91 Å². The summed E-state index contributed by atoms with van der Waals surface area (Å²) in [7, 11) is 0. The van der Waals surface area contributed by atoms with Crippen molar-refractivity contribution in [2.24, 2.45) is 0 Å². The molecule has 0 unspecified atom stereocenters. The molecule has 0 atom stereocenters. The van der Waals surface area contributed by atoms with Gasteiger partial charge in [-0.05, 0) is 43.7 Å². The molecular formula is C21H28N4O3. The highest BCUT2D eigenvalue weighted by Crippen LogP contribution is 2.18. The Morgan fingerprint density at radius 3 is 2.32 bits per heavy atom. The van der Waals surface area contributed by atoms with Gasteiger partial charge in [-0.3, -0.25) is 4.79 Å². The molecule has 1 fully saturated rings. The first kappa shape index (κ1) is 19.9. The van der Waals surface area contributed by atoms with Gasteiger partial charge in [-0.2, -0.15) is 0 Å². The van der Waals surface area contributed by atoms with Crippen LogP contribution < -0.4 is 14.4 Å². The molecule has 1 amide bonds. The summed E-state index contributed by atoms with van der Waals surface area (Å²) in [5.41, 5.74) is 0.692. The van der Waals surface area contributed by atoms with Gasteiger partial charge in [0, 0.05) is 37.8 Å². The number of piperazine rings is 1. The Kier molecular flexibility index (Phi) is 7.06. The van der Waals surface area contributed by atoms with Crippen molar-refractivity contribution < 1.29 is 14.3 Å². The number of hydrogen-bond acceptors (Lipinski definition) is 6. The van der Waals surface area contributed by atoms with Crippen LogP contribution in [0.25, 0.3) is 0 Å². The molecule has 1 aliphatic heterocycles. The van der Waals surface area contributed by atoms with E-state index in [1.807, 2.05) is 48.2 Å². The van der Waals surface area contributed by atoms with Crippen molar-refractivity contribution in [2.45, 2.75) is 26.7 Å². The zero-order chi connectivity index (χ0) is 19.8. The first-order chi connectivity index (χ1) is 13.7. The first-order valence-corrected chi connectivity index (χ1v) is 9.95. The fraction of sp³-hybridized carbons (Fsp3) is 0.476. The highest BCUT2D eigenvalue weighted by Gasteiger charge is 2.23. The summed E-state index contributed by atoms with van der Waals surface area (Å²) in [6.45, 7) is 8.09. The second kappa shape index (κ2) is 9.92. The van der Waals surface area contributed by atoms with E-state index >= 15 is 0 Å². The van der Waals surface area contributed by atoms with Crippen molar-refractivity contribution in [1.29, 1.82) is 0 Å². The number of unbranched alkanes of at least 4 members (excludes halogenated alkanes) is 1. The highest BCUT2D eigenvalue weighted by molar-refractivity contribution is 5.94. The Hall–Kier alpha value is -2.83. The maximum absolute atomic E-state index is 12.8. The van der Waals surface area contributed by atoms with Crippen LogP contribution in [0.4, 0.5) is 5.82 Å². The monoisotopic (exact) mass is 384 g/mol. The van der Waals surface area contributed by atoms with E-state index < -0.39 is 0 Å². The largest absolute Gasteiger partial charge is 0.494 e. The lowest BCUT2D eigenvalue weighted by molar-refractivity contribution is 0.0746. The van der Waals surface area contributed by atoms with E-state index in [1.54, 1.807) is 0 Å². The zero-order valence-corrected chi connectivity index (χ0v) is 16.6. The molecule has 1 aromatic carbocycles. The summed E-state index contributed by atoms with van der Waals surface area (Å²) < 4.78 is 11.0. The maximum atomic E-state index is 12.8. The third-order valence-corrected chi connectivity index (χ3v) is 4.68. The van der Waals surface area contributed by atoms with E-state index in [0.29, 0.717) is 37.7 Å². The second-order valence-corrected chi connectivity index (χ2v) is 6.67. The Bertz CT molecular complexity index is 741. The van der Waals surface area contributed by atoms with E-state index in [-0.39, 0.29) is 5.91 Å². The highest BCUT2D eigenvalue weighted by atomic mass is 16.5. The van der Waals surface area contributed by atoms with Gasteiger partial charge in [-0.1, -0.05) is 13.3 Å². The Morgan fingerprint density at radius 1 is 0.964 bits per heavy atom. The summed E-state index contributed by atoms with van der Waals surface area (Å²) in [4.78, 5) is 16.8. The molecule has 0 bridgehead atoms. The van der Waals surface area contributed by atoms with Gasteiger partial charge in [0.05, 0.1) is 13.2 Å². The van der Waals surface area contributed by atoms with Crippen LogP contribution in [0.1, 0.15) is 37.0 Å². The predicted octanol–water partition coefficient (Wildman–Crippen LogP) is 3.02. The Labute approximate surface area is 166 Å². The van der Waals surface area contributed by atoms with Crippen LogP contribution in [0.15, 0.2) is 36.4 Å². The van der Waals surface area contributed by atoms with Gasteiger partial charge in [0.15, 0.2) is 5.82 Å². The lowest BCUT2D eigenvalue weighted by Crippen LogP contribution is -2.49. The van der Waals surface area contributed by atoms with Crippen molar-refractivity contribution in [3.63, 3.8) is 0 Å². The fourth-order valence-electron chi connectivity index (χ4n) is 3.06. The average molecular weight is 384 g/mol. The van der Waals surface area contributed by atoms with Crippen molar-refractivity contribution in [1.82, 2.24) is 15.1 Å². The van der Waals surface area contributed by atoms with Crippen LogP contribution in [0, 0.1) is 0 Å². The fourth-order valence-corrected chi connectivity index (χ4v) is 3.06. The molecular weight excluding hydrogens is 356 g/mol. The van der Waals surface area contributed by atoms with Crippen LogP contribution in [-0.2, 0) is 0 Å². The minimum Gasteiger partial charge on any atom is -0.494 e. The topological polar surface area (TPSA) is 67.8 Å². The summed E-state index contributed by atoms with van der Waals surface area (Å²) in [5, 5.41) is 8.30. The Balaban J connectivity index is 1.51. The molecule has 0 saturated carbocycles. The number of aromatic nitrogens is 2. The smallest absolute Gasteiger partial charge is 0.253 e. The average Bonchev–Trinajstić information content (AvgIpc) is 2.75.